The minimum Gasteiger partial charge on any atom is -0.384 e. The van der Waals surface area contributed by atoms with E-state index in [1.165, 1.54) is 11.8 Å². The third-order valence-corrected chi connectivity index (χ3v) is 7.83. The zero-order chi connectivity index (χ0) is 23.7. The lowest BCUT2D eigenvalue weighted by Crippen LogP contribution is -2.29. The van der Waals surface area contributed by atoms with Crippen molar-refractivity contribution in [2.45, 2.75) is 11.8 Å². The van der Waals surface area contributed by atoms with Gasteiger partial charge in [-0.05, 0) is 61.2 Å². The highest BCUT2D eigenvalue weighted by molar-refractivity contribution is 8.20. The van der Waals surface area contributed by atoms with E-state index in [0.29, 0.717) is 27.9 Å². The number of carbonyl (C=O) groups excluding carboxylic acids is 1. The Morgan fingerprint density at radius 1 is 1.03 bits per heavy atom. The van der Waals surface area contributed by atoms with Crippen LogP contribution in [0.25, 0.3) is 0 Å². The van der Waals surface area contributed by atoms with Gasteiger partial charge in [-0.2, -0.15) is 5.26 Å². The number of nitrogens with zero attached hydrogens (tertiary/aromatic N) is 4. The Balaban J connectivity index is 1.64. The van der Waals surface area contributed by atoms with E-state index in [-0.39, 0.29) is 5.91 Å². The first-order valence-corrected chi connectivity index (χ1v) is 12.4. The van der Waals surface area contributed by atoms with E-state index in [2.05, 4.69) is 28.4 Å². The minimum absolute atomic E-state index is 0.112. The summed E-state index contributed by atoms with van der Waals surface area (Å²) in [7, 11) is 1.98. The number of nitrogens with one attached hydrogen (secondary N) is 1. The third kappa shape index (κ3) is 3.94. The van der Waals surface area contributed by atoms with E-state index in [9.17, 15) is 10.1 Å². The van der Waals surface area contributed by atoms with Crippen LogP contribution in [0.2, 0.25) is 0 Å². The van der Waals surface area contributed by atoms with Gasteiger partial charge in [0.2, 0.25) is 0 Å². The number of amidine groups is 1. The van der Waals surface area contributed by atoms with Crippen molar-refractivity contribution in [2.24, 2.45) is 4.99 Å². The van der Waals surface area contributed by atoms with Gasteiger partial charge in [-0.1, -0.05) is 42.1 Å². The number of hydrogen-bond donors (Lipinski definition) is 1. The summed E-state index contributed by atoms with van der Waals surface area (Å²) in [6, 6.07) is 25.2. The van der Waals surface area contributed by atoms with Gasteiger partial charge in [0.1, 0.15) is 4.91 Å². The maximum absolute atomic E-state index is 13.8. The molecule has 2 aliphatic heterocycles. The van der Waals surface area contributed by atoms with Crippen LogP contribution < -0.4 is 15.1 Å². The number of nitriles is 1. The maximum atomic E-state index is 13.8. The molecule has 8 heteroatoms. The highest BCUT2D eigenvalue weighted by Crippen LogP contribution is 2.50. The van der Waals surface area contributed by atoms with Crippen LogP contribution in [-0.4, -0.2) is 24.7 Å². The van der Waals surface area contributed by atoms with E-state index in [1.54, 1.807) is 28.8 Å². The number of aliphatic imine (C=N–C) groups is 1. The molecule has 0 unspecified atom stereocenters. The number of benzene rings is 3. The molecule has 1 amide bonds. The van der Waals surface area contributed by atoms with Crippen LogP contribution in [0.3, 0.4) is 0 Å². The van der Waals surface area contributed by atoms with Crippen molar-refractivity contribution in [2.75, 3.05) is 28.7 Å². The molecule has 1 N–H and O–H groups in total. The Kier molecular flexibility index (Phi) is 6.05. The number of fused-ring (bicyclic) bond motifs is 1. The Hall–Kier alpha value is -3.67. The molecule has 0 radical (unpaired) electrons. The first-order chi connectivity index (χ1) is 16.6. The van der Waals surface area contributed by atoms with Gasteiger partial charge in [0.15, 0.2) is 5.17 Å². The number of para-hydroxylation sites is 2. The molecule has 3 aromatic carbocycles. The van der Waals surface area contributed by atoms with Gasteiger partial charge in [-0.15, -0.1) is 0 Å². The predicted molar refractivity (Wildman–Crippen MR) is 142 cm³/mol. The SMILES string of the molecule is CCNc1ccc(C#N)cc1N=C1S/C(=C2\Sc3ccccc3N2C)C(=O)N1c1ccccc1. The molecule has 0 spiro atoms. The topological polar surface area (TPSA) is 71.7 Å². The average molecular weight is 484 g/mol. The normalized spacial score (nSPS) is 18.4. The molecule has 0 aromatic heterocycles. The molecule has 2 heterocycles. The monoisotopic (exact) mass is 483 g/mol. The van der Waals surface area contributed by atoms with Crippen molar-refractivity contribution in [3.8, 4) is 6.07 Å². The number of amides is 1. The number of carbonyl (C=O) groups is 1. The van der Waals surface area contributed by atoms with Crippen molar-refractivity contribution < 1.29 is 4.79 Å². The van der Waals surface area contributed by atoms with E-state index in [0.717, 1.165) is 27.0 Å². The summed E-state index contributed by atoms with van der Waals surface area (Å²) >= 11 is 2.96. The van der Waals surface area contributed by atoms with Crippen molar-refractivity contribution in [3.05, 3.63) is 88.3 Å². The zero-order valence-corrected chi connectivity index (χ0v) is 20.3. The van der Waals surface area contributed by atoms with Gasteiger partial charge in [0, 0.05) is 18.5 Å². The molecule has 168 valence electrons. The Labute approximate surface area is 207 Å². The molecule has 1 saturated heterocycles. The van der Waals surface area contributed by atoms with Gasteiger partial charge in [-0.25, -0.2) is 4.99 Å². The van der Waals surface area contributed by atoms with Crippen molar-refractivity contribution >= 4 is 57.3 Å². The second-order valence-electron chi connectivity index (χ2n) is 7.61. The van der Waals surface area contributed by atoms with Crippen LogP contribution in [0.5, 0.6) is 0 Å². The van der Waals surface area contributed by atoms with Gasteiger partial charge in [0.25, 0.3) is 5.91 Å². The van der Waals surface area contributed by atoms with E-state index >= 15 is 0 Å². The smallest absolute Gasteiger partial charge is 0.274 e. The molecule has 34 heavy (non-hydrogen) atoms. The molecule has 5 rings (SSSR count). The maximum Gasteiger partial charge on any atom is 0.274 e. The number of thioether (sulfide) groups is 2. The molecular weight excluding hydrogens is 462 g/mol. The predicted octanol–water partition coefficient (Wildman–Crippen LogP) is 6.17. The van der Waals surface area contributed by atoms with Crippen LogP contribution in [0.1, 0.15) is 12.5 Å². The Bertz CT molecular complexity index is 1380. The van der Waals surface area contributed by atoms with Crippen LogP contribution in [-0.2, 0) is 4.79 Å². The fraction of sp³-hybridized carbons (Fsp3) is 0.115. The summed E-state index contributed by atoms with van der Waals surface area (Å²) < 4.78 is 0. The summed E-state index contributed by atoms with van der Waals surface area (Å²) in [6.07, 6.45) is 0. The molecule has 6 nitrogen and oxygen atoms in total. The lowest BCUT2D eigenvalue weighted by Gasteiger charge is -2.17. The first-order valence-electron chi connectivity index (χ1n) is 10.8. The summed E-state index contributed by atoms with van der Waals surface area (Å²) in [6.45, 7) is 2.72. The summed E-state index contributed by atoms with van der Waals surface area (Å²) in [5.74, 6) is -0.112. The van der Waals surface area contributed by atoms with Crippen LogP contribution >= 0.6 is 23.5 Å². The highest BCUT2D eigenvalue weighted by Gasteiger charge is 2.40. The molecule has 0 bridgehead atoms. The fourth-order valence-electron chi connectivity index (χ4n) is 3.82. The second-order valence-corrected chi connectivity index (χ2v) is 9.62. The lowest BCUT2D eigenvalue weighted by atomic mass is 10.2. The highest BCUT2D eigenvalue weighted by atomic mass is 32.2. The van der Waals surface area contributed by atoms with E-state index < -0.39 is 0 Å². The van der Waals surface area contributed by atoms with Gasteiger partial charge >= 0.3 is 0 Å². The molecule has 2 aliphatic rings. The fourth-order valence-corrected chi connectivity index (χ4v) is 6.16. The zero-order valence-electron chi connectivity index (χ0n) is 18.6. The van der Waals surface area contributed by atoms with Gasteiger partial charge in [-0.3, -0.25) is 9.69 Å². The van der Waals surface area contributed by atoms with Crippen molar-refractivity contribution in [1.82, 2.24) is 0 Å². The van der Waals surface area contributed by atoms with Gasteiger partial charge < -0.3 is 10.2 Å². The summed E-state index contributed by atoms with van der Waals surface area (Å²) in [5, 5.41) is 14.2. The Morgan fingerprint density at radius 2 is 1.79 bits per heavy atom. The molecule has 0 atom stereocenters. The average Bonchev–Trinajstić information content (AvgIpc) is 3.37. The summed E-state index contributed by atoms with van der Waals surface area (Å²) in [4.78, 5) is 24.1. The third-order valence-electron chi connectivity index (χ3n) is 5.44. The molecular formula is C26H21N5OS2. The van der Waals surface area contributed by atoms with Crippen LogP contribution in [0.4, 0.5) is 22.7 Å². The largest absolute Gasteiger partial charge is 0.384 e. The Morgan fingerprint density at radius 3 is 2.53 bits per heavy atom. The molecule has 1 fully saturated rings. The number of hydrogen-bond acceptors (Lipinski definition) is 7. The van der Waals surface area contributed by atoms with Crippen molar-refractivity contribution in [1.29, 1.82) is 5.26 Å². The lowest BCUT2D eigenvalue weighted by molar-refractivity contribution is -0.113. The molecule has 0 saturated carbocycles. The van der Waals surface area contributed by atoms with Crippen LogP contribution in [0, 0.1) is 11.3 Å². The first kappa shape index (κ1) is 22.1. The van der Waals surface area contributed by atoms with E-state index in [1.807, 2.05) is 62.5 Å². The summed E-state index contributed by atoms with van der Waals surface area (Å²) in [5.41, 5.74) is 3.78. The van der Waals surface area contributed by atoms with E-state index in [4.69, 9.17) is 4.99 Å². The van der Waals surface area contributed by atoms with Crippen molar-refractivity contribution in [3.63, 3.8) is 0 Å². The quantitative estimate of drug-likeness (QED) is 0.448. The molecule has 3 aromatic rings. The second kappa shape index (κ2) is 9.29. The minimum atomic E-state index is -0.112. The molecule has 0 aliphatic carbocycles. The number of rotatable bonds is 4. The van der Waals surface area contributed by atoms with Gasteiger partial charge in [0.05, 0.1) is 39.4 Å². The standard InChI is InChI=1S/C26H21N5OS2/c1-3-28-19-14-13-17(16-27)15-20(19)29-26-31(18-9-5-4-6-10-18)24(32)23(34-26)25-30(2)21-11-7-8-12-22(21)33-25/h4-15,28H,3H2,1-2H3/b25-23-,29-26?. The number of anilines is 3. The van der Waals surface area contributed by atoms with Crippen LogP contribution in [0.15, 0.2) is 92.6 Å².